The van der Waals surface area contributed by atoms with Crippen molar-refractivity contribution in [3.8, 4) is 11.6 Å². The number of imide groups is 1. The number of urea groups is 1. The van der Waals surface area contributed by atoms with Crippen LogP contribution in [0.1, 0.15) is 61.8 Å². The van der Waals surface area contributed by atoms with Crippen molar-refractivity contribution in [2.24, 2.45) is 0 Å². The Morgan fingerprint density at radius 3 is 2.38 bits per heavy atom. The molecule has 0 spiro atoms. The summed E-state index contributed by atoms with van der Waals surface area (Å²) in [4.78, 5) is 35.5. The van der Waals surface area contributed by atoms with Crippen LogP contribution in [-0.4, -0.2) is 46.6 Å². The highest BCUT2D eigenvalue weighted by Crippen LogP contribution is 2.38. The molecule has 2 aromatic heterocycles. The molecule has 1 atom stereocenters. The van der Waals surface area contributed by atoms with Gasteiger partial charge in [-0.1, -0.05) is 49.2 Å². The molecule has 1 saturated heterocycles. The van der Waals surface area contributed by atoms with E-state index in [4.69, 9.17) is 9.47 Å². The standard InChI is InChI=1S/C34H35F3N4O4/c1-3-44-28-17-16-25(22-38-28)33(2)31(42)41(32(43)40-33)18-9-4-5-10-19-45-30-24(20-23-12-7-6-8-13-23)21-39-29-26(30)14-11-15-27(29)34(35,36)37/h6-8,11-17,21-22H,3-5,9-10,18-20H2,1-2H3,(H,40,43). The molecule has 1 N–H and O–H groups in total. The smallest absolute Gasteiger partial charge is 0.418 e. The highest BCUT2D eigenvalue weighted by Gasteiger charge is 2.48. The average Bonchev–Trinajstić information content (AvgIpc) is 3.25. The van der Waals surface area contributed by atoms with Crippen LogP contribution in [-0.2, 0) is 22.9 Å². The van der Waals surface area contributed by atoms with E-state index in [-0.39, 0.29) is 18.0 Å². The van der Waals surface area contributed by atoms with Gasteiger partial charge in [0.25, 0.3) is 5.91 Å². The van der Waals surface area contributed by atoms with Gasteiger partial charge in [-0.25, -0.2) is 9.78 Å². The molecule has 236 valence electrons. The van der Waals surface area contributed by atoms with Crippen molar-refractivity contribution in [3.05, 3.63) is 95.3 Å². The maximum Gasteiger partial charge on any atom is 0.418 e. The van der Waals surface area contributed by atoms with Crippen LogP contribution in [0.2, 0.25) is 0 Å². The molecular weight excluding hydrogens is 585 g/mol. The van der Waals surface area contributed by atoms with Crippen LogP contribution < -0.4 is 14.8 Å². The van der Waals surface area contributed by atoms with E-state index in [9.17, 15) is 22.8 Å². The number of amides is 3. The zero-order valence-corrected chi connectivity index (χ0v) is 25.2. The summed E-state index contributed by atoms with van der Waals surface area (Å²) < 4.78 is 52.7. The minimum atomic E-state index is -4.54. The number of nitrogens with one attached hydrogen (secondary N) is 1. The first-order valence-corrected chi connectivity index (χ1v) is 15.0. The molecule has 11 heteroatoms. The molecule has 8 nitrogen and oxygen atoms in total. The second-order valence-electron chi connectivity index (χ2n) is 11.1. The van der Waals surface area contributed by atoms with E-state index in [2.05, 4.69) is 15.3 Å². The Morgan fingerprint density at radius 2 is 1.67 bits per heavy atom. The van der Waals surface area contributed by atoms with Gasteiger partial charge in [0.2, 0.25) is 5.88 Å². The molecule has 5 rings (SSSR count). The Hall–Kier alpha value is -4.67. The number of carbonyl (C=O) groups is 2. The summed E-state index contributed by atoms with van der Waals surface area (Å²) in [5.74, 6) is 0.505. The number of benzene rings is 2. The van der Waals surface area contributed by atoms with Gasteiger partial charge >= 0.3 is 12.2 Å². The van der Waals surface area contributed by atoms with Crippen molar-refractivity contribution in [2.75, 3.05) is 19.8 Å². The topological polar surface area (TPSA) is 93.6 Å². The fourth-order valence-electron chi connectivity index (χ4n) is 5.49. The maximum atomic E-state index is 13.7. The summed E-state index contributed by atoms with van der Waals surface area (Å²) in [6.07, 6.45) is 1.64. The summed E-state index contributed by atoms with van der Waals surface area (Å²) in [6, 6.07) is 16.6. The number of hydrogen-bond donors (Lipinski definition) is 1. The predicted molar refractivity (Wildman–Crippen MR) is 163 cm³/mol. The quantitative estimate of drug-likeness (QED) is 0.127. The van der Waals surface area contributed by atoms with Crippen molar-refractivity contribution in [3.63, 3.8) is 0 Å². The largest absolute Gasteiger partial charge is 0.493 e. The first-order chi connectivity index (χ1) is 21.6. The maximum absolute atomic E-state index is 13.7. The number of alkyl halides is 3. The van der Waals surface area contributed by atoms with E-state index in [1.54, 1.807) is 25.1 Å². The van der Waals surface area contributed by atoms with Crippen molar-refractivity contribution >= 4 is 22.8 Å². The van der Waals surface area contributed by atoms with Gasteiger partial charge in [0, 0.05) is 47.9 Å². The number of halogens is 3. The third-order valence-corrected chi connectivity index (χ3v) is 7.87. The number of carbonyl (C=O) groups excluding carboxylic acids is 2. The van der Waals surface area contributed by atoms with E-state index >= 15 is 0 Å². The third kappa shape index (κ3) is 7.02. The molecular formula is C34H35F3N4O4. The Labute approximate surface area is 259 Å². The van der Waals surface area contributed by atoms with Crippen LogP contribution >= 0.6 is 0 Å². The Morgan fingerprint density at radius 1 is 0.889 bits per heavy atom. The molecule has 0 radical (unpaired) electrons. The van der Waals surface area contributed by atoms with E-state index in [0.717, 1.165) is 24.5 Å². The van der Waals surface area contributed by atoms with Gasteiger partial charge in [0.1, 0.15) is 11.3 Å². The molecule has 4 aromatic rings. The summed E-state index contributed by atoms with van der Waals surface area (Å²) in [5.41, 5.74) is 0.119. The number of ether oxygens (including phenoxy) is 2. The summed E-state index contributed by atoms with van der Waals surface area (Å²) in [6.45, 7) is 4.54. The molecule has 1 unspecified atom stereocenters. The minimum Gasteiger partial charge on any atom is -0.493 e. The number of para-hydroxylation sites is 1. The number of hydrogen-bond acceptors (Lipinski definition) is 6. The first kappa shape index (κ1) is 31.7. The van der Waals surface area contributed by atoms with E-state index in [1.165, 1.54) is 23.4 Å². The molecule has 45 heavy (non-hydrogen) atoms. The third-order valence-electron chi connectivity index (χ3n) is 7.87. The molecule has 1 aliphatic heterocycles. The van der Waals surface area contributed by atoms with Gasteiger partial charge < -0.3 is 14.8 Å². The zero-order valence-electron chi connectivity index (χ0n) is 25.2. The van der Waals surface area contributed by atoms with Crippen molar-refractivity contribution < 1.29 is 32.2 Å². The second kappa shape index (κ2) is 13.5. The van der Waals surface area contributed by atoms with Gasteiger partial charge in [-0.15, -0.1) is 0 Å². The Balaban J connectivity index is 1.18. The fourth-order valence-corrected chi connectivity index (χ4v) is 5.49. The number of fused-ring (bicyclic) bond motifs is 1. The SMILES string of the molecule is CCOc1ccc(C2(C)NC(=O)N(CCCCCCOc3c(Cc4ccccc4)cnc4c(C(F)(F)F)cccc34)C2=O)cn1. The molecule has 2 aromatic carbocycles. The van der Waals surface area contributed by atoms with Crippen LogP contribution in [0.4, 0.5) is 18.0 Å². The number of unbranched alkanes of at least 4 members (excludes halogenated alkanes) is 3. The highest BCUT2D eigenvalue weighted by atomic mass is 19.4. The number of nitrogens with zero attached hydrogens (tertiary/aromatic N) is 3. The van der Waals surface area contributed by atoms with Crippen molar-refractivity contribution in [2.45, 2.75) is 57.7 Å². The van der Waals surface area contributed by atoms with Crippen LogP contribution in [0, 0.1) is 0 Å². The molecule has 0 aliphatic carbocycles. The highest BCUT2D eigenvalue weighted by molar-refractivity contribution is 6.07. The molecule has 1 fully saturated rings. The molecule has 3 heterocycles. The van der Waals surface area contributed by atoms with E-state index in [1.807, 2.05) is 37.3 Å². The predicted octanol–water partition coefficient (Wildman–Crippen LogP) is 7.04. The Kier molecular flexibility index (Phi) is 9.55. The van der Waals surface area contributed by atoms with E-state index < -0.39 is 23.3 Å². The van der Waals surface area contributed by atoms with Crippen LogP contribution in [0.15, 0.2) is 73.1 Å². The second-order valence-corrected chi connectivity index (χ2v) is 11.1. The minimum absolute atomic E-state index is 0.140. The lowest BCUT2D eigenvalue weighted by Gasteiger charge is -2.22. The molecule has 1 aliphatic rings. The Bertz CT molecular complexity index is 1650. The fraction of sp³-hybridized carbons (Fsp3) is 0.353. The van der Waals surface area contributed by atoms with Gasteiger partial charge in [-0.3, -0.25) is 14.7 Å². The van der Waals surface area contributed by atoms with Gasteiger partial charge in [0.05, 0.1) is 24.3 Å². The van der Waals surface area contributed by atoms with Crippen LogP contribution in [0.3, 0.4) is 0 Å². The van der Waals surface area contributed by atoms with Crippen LogP contribution in [0.5, 0.6) is 11.6 Å². The molecule has 0 saturated carbocycles. The van der Waals surface area contributed by atoms with E-state index in [0.29, 0.717) is 60.6 Å². The average molecular weight is 621 g/mol. The molecule has 0 bridgehead atoms. The van der Waals surface area contributed by atoms with Crippen molar-refractivity contribution in [1.82, 2.24) is 20.2 Å². The zero-order chi connectivity index (χ0) is 32.0. The number of rotatable bonds is 13. The van der Waals surface area contributed by atoms with Gasteiger partial charge in [-0.05, 0) is 50.5 Å². The van der Waals surface area contributed by atoms with Crippen molar-refractivity contribution in [1.29, 1.82) is 0 Å². The first-order valence-electron chi connectivity index (χ1n) is 15.0. The summed E-state index contributed by atoms with van der Waals surface area (Å²) >= 11 is 0. The van der Waals surface area contributed by atoms with Crippen LogP contribution in [0.25, 0.3) is 10.9 Å². The lowest BCUT2D eigenvalue weighted by atomic mass is 9.93. The van der Waals surface area contributed by atoms with Gasteiger partial charge in [0.15, 0.2) is 0 Å². The lowest BCUT2D eigenvalue weighted by molar-refractivity contribution is -0.136. The molecule has 3 amide bonds. The normalized spacial score (nSPS) is 16.7. The van der Waals surface area contributed by atoms with Gasteiger partial charge in [-0.2, -0.15) is 13.2 Å². The monoisotopic (exact) mass is 620 g/mol. The lowest BCUT2D eigenvalue weighted by Crippen LogP contribution is -2.41. The summed E-state index contributed by atoms with van der Waals surface area (Å²) in [7, 11) is 0. The number of aromatic nitrogens is 2. The number of pyridine rings is 2. The summed E-state index contributed by atoms with van der Waals surface area (Å²) in [5, 5.41) is 3.11.